The van der Waals surface area contributed by atoms with Gasteiger partial charge in [-0.3, -0.25) is 37.3 Å². The van der Waals surface area contributed by atoms with E-state index in [9.17, 15) is 43.2 Å². The van der Waals surface area contributed by atoms with E-state index in [2.05, 4.69) is 48.5 Å². The van der Waals surface area contributed by atoms with Crippen molar-refractivity contribution < 1.29 is 80.2 Å². The molecule has 0 bridgehead atoms. The first-order valence-electron chi connectivity index (χ1n) is 39.4. The van der Waals surface area contributed by atoms with Crippen LogP contribution in [0.5, 0.6) is 0 Å². The maximum absolute atomic E-state index is 13.1. The second-order valence-electron chi connectivity index (χ2n) is 28.6. The van der Waals surface area contributed by atoms with Crippen LogP contribution in [0.15, 0.2) is 0 Å². The normalized spacial score (nSPS) is 14.4. The highest BCUT2D eigenvalue weighted by Gasteiger charge is 2.30. The summed E-state index contributed by atoms with van der Waals surface area (Å²) in [7, 11) is -9.91. The third-order valence-electron chi connectivity index (χ3n) is 18.0. The molecule has 95 heavy (non-hydrogen) atoms. The van der Waals surface area contributed by atoms with E-state index < -0.39 is 97.5 Å². The van der Waals surface area contributed by atoms with E-state index in [1.807, 2.05) is 0 Å². The lowest BCUT2D eigenvalue weighted by atomic mass is 10.00. The van der Waals surface area contributed by atoms with E-state index in [4.69, 9.17) is 37.0 Å². The molecule has 0 spiro atoms. The van der Waals surface area contributed by atoms with Gasteiger partial charge in [-0.05, 0) is 43.4 Å². The van der Waals surface area contributed by atoms with Crippen LogP contribution in [0.2, 0.25) is 0 Å². The fourth-order valence-electron chi connectivity index (χ4n) is 11.6. The van der Waals surface area contributed by atoms with Crippen molar-refractivity contribution in [1.82, 2.24) is 0 Å². The molecule has 0 saturated heterocycles. The molecule has 0 aliphatic carbocycles. The topological polar surface area (TPSA) is 237 Å². The van der Waals surface area contributed by atoms with Crippen LogP contribution < -0.4 is 0 Å². The number of hydrogen-bond donors (Lipinski definition) is 3. The number of esters is 4. The Balaban J connectivity index is 5.21. The van der Waals surface area contributed by atoms with E-state index in [-0.39, 0.29) is 25.7 Å². The van der Waals surface area contributed by atoms with Gasteiger partial charge in [0, 0.05) is 25.7 Å². The van der Waals surface area contributed by atoms with Crippen LogP contribution in [0, 0.1) is 17.8 Å². The molecule has 0 aromatic carbocycles. The molecule has 3 N–H and O–H groups in total. The summed E-state index contributed by atoms with van der Waals surface area (Å²) < 4.78 is 68.4. The van der Waals surface area contributed by atoms with Gasteiger partial charge >= 0.3 is 39.5 Å². The van der Waals surface area contributed by atoms with E-state index in [0.717, 1.165) is 108 Å². The highest BCUT2D eigenvalue weighted by molar-refractivity contribution is 7.47. The molecule has 0 heterocycles. The average Bonchev–Trinajstić information content (AvgIpc) is 3.39. The van der Waals surface area contributed by atoms with Crippen LogP contribution in [-0.2, 0) is 65.4 Å². The summed E-state index contributed by atoms with van der Waals surface area (Å²) in [5.41, 5.74) is 0. The Morgan fingerprint density at radius 2 is 0.537 bits per heavy atom. The Morgan fingerprint density at radius 1 is 0.305 bits per heavy atom. The Bertz CT molecular complexity index is 1850. The van der Waals surface area contributed by atoms with Crippen molar-refractivity contribution >= 4 is 39.5 Å². The zero-order chi connectivity index (χ0) is 70.1. The third kappa shape index (κ3) is 69.0. The van der Waals surface area contributed by atoms with Crippen molar-refractivity contribution in [3.63, 3.8) is 0 Å². The van der Waals surface area contributed by atoms with Gasteiger partial charge in [-0.2, -0.15) is 0 Å². The molecule has 0 rings (SSSR count). The van der Waals surface area contributed by atoms with Gasteiger partial charge in [-0.1, -0.05) is 337 Å². The molecule has 0 saturated carbocycles. The zero-order valence-corrected chi connectivity index (χ0v) is 63.9. The molecule has 17 nitrogen and oxygen atoms in total. The fraction of sp³-hybridized carbons (Fsp3) is 0.947. The zero-order valence-electron chi connectivity index (χ0n) is 62.1. The summed E-state index contributed by atoms with van der Waals surface area (Å²) in [6.45, 7) is 11.8. The van der Waals surface area contributed by atoms with Crippen LogP contribution in [-0.4, -0.2) is 96.7 Å². The van der Waals surface area contributed by atoms with Crippen LogP contribution in [0.25, 0.3) is 0 Å². The van der Waals surface area contributed by atoms with Crippen molar-refractivity contribution in [3.8, 4) is 0 Å². The Morgan fingerprint density at radius 3 is 0.800 bits per heavy atom. The second-order valence-corrected chi connectivity index (χ2v) is 31.5. The standard InChI is InChI=1S/C76H148O17P2/c1-8-10-11-12-13-14-15-16-17-18-22-25-28-31-34-43-50-57-73(78)86-63-71(92-75(80)59-52-45-35-32-29-26-23-20-19-21-24-27-30-33-40-47-54-67(3)4)65-90-94(82,83)88-61-70(77)62-89-95(84,85)91-66-72(64-87-74(79)58-51-44-38-36-41-48-55-68(5)6)93-76(81)60-53-46-39-37-42-49-56-69(7)9-2/h67-72,77H,8-66H2,1-7H3,(H,82,83)(H,84,85)/t69?,70-,71-,72-/m1/s1. The van der Waals surface area contributed by atoms with Crippen molar-refractivity contribution in [1.29, 1.82) is 0 Å². The first-order valence-corrected chi connectivity index (χ1v) is 42.4. The minimum atomic E-state index is -4.96. The Hall–Kier alpha value is -1.94. The summed E-state index contributed by atoms with van der Waals surface area (Å²) in [5.74, 6) is 0.0857. The monoisotopic (exact) mass is 1400 g/mol. The number of carbonyl (C=O) groups excluding carboxylic acids is 4. The lowest BCUT2D eigenvalue weighted by Crippen LogP contribution is -2.30. The highest BCUT2D eigenvalue weighted by atomic mass is 31.2. The van der Waals surface area contributed by atoms with Gasteiger partial charge in [0.1, 0.15) is 19.3 Å². The first-order chi connectivity index (χ1) is 45.8. The molecular formula is C76H148O17P2. The molecule has 6 atom stereocenters. The predicted octanol–water partition coefficient (Wildman–Crippen LogP) is 22.2. The molecule has 0 amide bonds. The van der Waals surface area contributed by atoms with Crippen molar-refractivity contribution in [2.45, 2.75) is 407 Å². The van der Waals surface area contributed by atoms with Gasteiger partial charge in [0.2, 0.25) is 0 Å². The molecule has 564 valence electrons. The minimum Gasteiger partial charge on any atom is -0.462 e. The number of ether oxygens (including phenoxy) is 4. The summed E-state index contributed by atoms with van der Waals surface area (Å²) in [6.07, 6.45) is 53.0. The number of aliphatic hydroxyl groups is 1. The van der Waals surface area contributed by atoms with Gasteiger partial charge in [0.15, 0.2) is 12.2 Å². The summed E-state index contributed by atoms with van der Waals surface area (Å²) in [5, 5.41) is 10.6. The number of aliphatic hydroxyl groups excluding tert-OH is 1. The van der Waals surface area contributed by atoms with Crippen LogP contribution in [0.3, 0.4) is 0 Å². The van der Waals surface area contributed by atoms with E-state index >= 15 is 0 Å². The molecule has 0 aliphatic rings. The van der Waals surface area contributed by atoms with Crippen molar-refractivity contribution in [2.24, 2.45) is 17.8 Å². The molecule has 0 radical (unpaired) electrons. The maximum Gasteiger partial charge on any atom is 0.472 e. The first kappa shape index (κ1) is 93.1. The number of rotatable bonds is 74. The predicted molar refractivity (Wildman–Crippen MR) is 386 cm³/mol. The van der Waals surface area contributed by atoms with Crippen molar-refractivity contribution in [3.05, 3.63) is 0 Å². The number of phosphoric acid groups is 2. The lowest BCUT2D eigenvalue weighted by molar-refractivity contribution is -0.161. The third-order valence-corrected chi connectivity index (χ3v) is 19.9. The van der Waals surface area contributed by atoms with Crippen molar-refractivity contribution in [2.75, 3.05) is 39.6 Å². The van der Waals surface area contributed by atoms with Gasteiger partial charge < -0.3 is 33.8 Å². The molecule has 0 fully saturated rings. The van der Waals surface area contributed by atoms with E-state index in [1.54, 1.807) is 0 Å². The van der Waals surface area contributed by atoms with Gasteiger partial charge in [-0.25, -0.2) is 9.13 Å². The van der Waals surface area contributed by atoms with Gasteiger partial charge in [0.25, 0.3) is 0 Å². The molecular weight excluding hydrogens is 1250 g/mol. The molecule has 0 aliphatic heterocycles. The minimum absolute atomic E-state index is 0.102. The number of unbranched alkanes of at least 4 members (excludes halogenated alkanes) is 41. The number of phosphoric ester groups is 2. The van der Waals surface area contributed by atoms with Crippen LogP contribution in [0.4, 0.5) is 0 Å². The van der Waals surface area contributed by atoms with E-state index in [1.165, 1.54) is 193 Å². The highest BCUT2D eigenvalue weighted by Crippen LogP contribution is 2.45. The summed E-state index contributed by atoms with van der Waals surface area (Å²) in [6, 6.07) is 0. The summed E-state index contributed by atoms with van der Waals surface area (Å²) in [4.78, 5) is 72.7. The molecule has 3 unspecified atom stereocenters. The fourth-order valence-corrected chi connectivity index (χ4v) is 13.1. The van der Waals surface area contributed by atoms with Crippen LogP contribution in [0.1, 0.15) is 389 Å². The Kier molecular flexibility index (Phi) is 65.2. The van der Waals surface area contributed by atoms with E-state index in [0.29, 0.717) is 31.6 Å². The Labute approximate surface area is 581 Å². The molecule has 0 aromatic rings. The quantitative estimate of drug-likeness (QED) is 0.0222. The maximum atomic E-state index is 13.1. The molecule has 0 aromatic heterocycles. The van der Waals surface area contributed by atoms with Gasteiger partial charge in [0.05, 0.1) is 26.4 Å². The SMILES string of the molecule is CCCCCCCCCCCCCCCCCCCC(=O)OC[C@H](COP(=O)(O)OC[C@@H](O)COP(=O)(O)OC[C@@H](COC(=O)CCCCCCCCC(C)C)OC(=O)CCCCCCCCC(C)CC)OC(=O)CCCCCCCCCCCCCCCCCCC(C)C. The number of hydrogen-bond acceptors (Lipinski definition) is 15. The second kappa shape index (κ2) is 66.6. The summed E-state index contributed by atoms with van der Waals surface area (Å²) >= 11 is 0. The van der Waals surface area contributed by atoms with Crippen LogP contribution >= 0.6 is 15.6 Å². The largest absolute Gasteiger partial charge is 0.472 e. The average molecular weight is 1400 g/mol. The lowest BCUT2D eigenvalue weighted by Gasteiger charge is -2.21. The smallest absolute Gasteiger partial charge is 0.462 e. The number of carbonyl (C=O) groups is 4. The van der Waals surface area contributed by atoms with Gasteiger partial charge in [-0.15, -0.1) is 0 Å². The molecule has 19 heteroatoms.